The second-order valence-corrected chi connectivity index (χ2v) is 4.31. The van der Waals surface area contributed by atoms with Crippen molar-refractivity contribution in [1.82, 2.24) is 20.1 Å². The van der Waals surface area contributed by atoms with Gasteiger partial charge >= 0.3 is 0 Å². The van der Waals surface area contributed by atoms with Crippen LogP contribution in [0.4, 0.5) is 0 Å². The van der Waals surface area contributed by atoms with Crippen LogP contribution in [0.15, 0.2) is 12.7 Å². The molecular formula is C10H18N4O. The van der Waals surface area contributed by atoms with E-state index in [-0.39, 0.29) is 12.1 Å². The van der Waals surface area contributed by atoms with Gasteiger partial charge in [-0.05, 0) is 32.7 Å². The van der Waals surface area contributed by atoms with Crippen molar-refractivity contribution < 1.29 is 5.11 Å². The summed E-state index contributed by atoms with van der Waals surface area (Å²) in [5.41, 5.74) is -0.130. The average molecular weight is 210 g/mol. The number of hydrogen-bond acceptors (Lipinski definition) is 4. The Kier molecular flexibility index (Phi) is 3.02. The molecule has 2 rings (SSSR count). The molecule has 2 unspecified atom stereocenters. The quantitative estimate of drug-likeness (QED) is 0.755. The minimum absolute atomic E-state index is 0.130. The summed E-state index contributed by atoms with van der Waals surface area (Å²) in [7, 11) is 1.92. The maximum absolute atomic E-state index is 9.45. The summed E-state index contributed by atoms with van der Waals surface area (Å²) in [6.07, 6.45) is 7.51. The second-order valence-electron chi connectivity index (χ2n) is 4.31. The first-order valence-electron chi connectivity index (χ1n) is 5.43. The van der Waals surface area contributed by atoms with Crippen molar-refractivity contribution in [2.45, 2.75) is 37.3 Å². The molecule has 2 atom stereocenters. The van der Waals surface area contributed by atoms with Gasteiger partial charge in [0.25, 0.3) is 0 Å². The van der Waals surface area contributed by atoms with Gasteiger partial charge in [-0.15, -0.1) is 0 Å². The van der Waals surface area contributed by atoms with Crippen LogP contribution in [0.3, 0.4) is 0 Å². The average Bonchev–Trinajstić information content (AvgIpc) is 2.82. The molecule has 1 aromatic rings. The third-order valence-corrected chi connectivity index (χ3v) is 3.46. The molecule has 1 aromatic heterocycles. The smallest absolute Gasteiger partial charge is 0.137 e. The second kappa shape index (κ2) is 4.28. The zero-order chi connectivity index (χ0) is 10.7. The molecule has 1 aliphatic rings. The van der Waals surface area contributed by atoms with Crippen molar-refractivity contribution in [3.8, 4) is 0 Å². The number of aromatic nitrogens is 3. The van der Waals surface area contributed by atoms with Crippen molar-refractivity contribution in [3.63, 3.8) is 0 Å². The Hall–Kier alpha value is -0.940. The Morgan fingerprint density at radius 3 is 3.13 bits per heavy atom. The summed E-state index contributed by atoms with van der Waals surface area (Å²) in [5, 5.41) is 16.9. The number of aliphatic hydroxyl groups is 1. The Morgan fingerprint density at radius 1 is 1.67 bits per heavy atom. The lowest BCUT2D eigenvalue weighted by Crippen LogP contribution is -2.50. The van der Waals surface area contributed by atoms with Gasteiger partial charge in [0.05, 0.1) is 12.6 Å². The predicted octanol–water partition coefficient (Wildman–Crippen LogP) is 0.344. The van der Waals surface area contributed by atoms with E-state index in [0.29, 0.717) is 6.04 Å². The lowest BCUT2D eigenvalue weighted by atomic mass is 9.79. The first-order valence-corrected chi connectivity index (χ1v) is 5.43. The molecule has 1 fully saturated rings. The minimum Gasteiger partial charge on any atom is -0.394 e. The van der Waals surface area contributed by atoms with Crippen LogP contribution in [0.5, 0.6) is 0 Å². The minimum atomic E-state index is -0.130. The molecule has 5 heteroatoms. The standard InChI is InChI=1S/C10H18N4O/c1-11-10(6-15)4-2-3-9(5-10)14-8-12-7-13-14/h7-9,11,15H,2-6H2,1H3. The zero-order valence-corrected chi connectivity index (χ0v) is 9.06. The molecule has 84 valence electrons. The van der Waals surface area contributed by atoms with Gasteiger partial charge in [-0.1, -0.05) is 0 Å². The van der Waals surface area contributed by atoms with E-state index in [2.05, 4.69) is 15.4 Å². The van der Waals surface area contributed by atoms with Crippen LogP contribution in [0, 0.1) is 0 Å². The van der Waals surface area contributed by atoms with Crippen molar-refractivity contribution in [3.05, 3.63) is 12.7 Å². The van der Waals surface area contributed by atoms with Crippen LogP contribution >= 0.6 is 0 Å². The lowest BCUT2D eigenvalue weighted by molar-refractivity contribution is 0.101. The summed E-state index contributed by atoms with van der Waals surface area (Å²) in [6.45, 7) is 0.189. The fourth-order valence-corrected chi connectivity index (χ4v) is 2.41. The van der Waals surface area contributed by atoms with E-state index >= 15 is 0 Å². The number of hydrogen-bond donors (Lipinski definition) is 2. The van der Waals surface area contributed by atoms with E-state index in [1.165, 1.54) is 0 Å². The molecule has 1 saturated carbocycles. The van der Waals surface area contributed by atoms with Crippen LogP contribution in [-0.2, 0) is 0 Å². The lowest BCUT2D eigenvalue weighted by Gasteiger charge is -2.39. The van der Waals surface area contributed by atoms with E-state index in [0.717, 1.165) is 25.7 Å². The molecule has 0 radical (unpaired) electrons. The SMILES string of the molecule is CNC1(CO)CCCC(n2cncn2)C1. The summed E-state index contributed by atoms with van der Waals surface area (Å²) in [5.74, 6) is 0. The number of nitrogens with one attached hydrogen (secondary N) is 1. The van der Waals surface area contributed by atoms with Gasteiger partial charge in [0.1, 0.15) is 12.7 Å². The Balaban J connectivity index is 2.10. The van der Waals surface area contributed by atoms with Crippen LogP contribution in [0.2, 0.25) is 0 Å². The van der Waals surface area contributed by atoms with Gasteiger partial charge in [0.15, 0.2) is 0 Å². The Labute approximate surface area is 89.5 Å². The highest BCUT2D eigenvalue weighted by atomic mass is 16.3. The first kappa shape index (κ1) is 10.6. The maximum Gasteiger partial charge on any atom is 0.137 e. The van der Waals surface area contributed by atoms with Gasteiger partial charge in [-0.25, -0.2) is 9.67 Å². The highest BCUT2D eigenvalue weighted by molar-refractivity contribution is 4.93. The van der Waals surface area contributed by atoms with Crippen LogP contribution in [-0.4, -0.2) is 39.1 Å². The highest BCUT2D eigenvalue weighted by Gasteiger charge is 2.35. The Bertz CT molecular complexity index is 294. The highest BCUT2D eigenvalue weighted by Crippen LogP contribution is 2.34. The number of rotatable bonds is 3. The number of nitrogens with zero attached hydrogens (tertiary/aromatic N) is 3. The fourth-order valence-electron chi connectivity index (χ4n) is 2.41. The van der Waals surface area contributed by atoms with Crippen molar-refractivity contribution in [2.24, 2.45) is 0 Å². The molecule has 0 aliphatic heterocycles. The van der Waals surface area contributed by atoms with Crippen molar-refractivity contribution in [2.75, 3.05) is 13.7 Å². The van der Waals surface area contributed by atoms with Crippen LogP contribution in [0.25, 0.3) is 0 Å². The van der Waals surface area contributed by atoms with E-state index < -0.39 is 0 Å². The zero-order valence-electron chi connectivity index (χ0n) is 9.06. The normalized spacial score (nSPS) is 31.7. The van der Waals surface area contributed by atoms with Crippen LogP contribution < -0.4 is 5.32 Å². The van der Waals surface area contributed by atoms with Gasteiger partial charge < -0.3 is 10.4 Å². The molecule has 5 nitrogen and oxygen atoms in total. The summed E-state index contributed by atoms with van der Waals surface area (Å²) < 4.78 is 1.90. The molecule has 2 N–H and O–H groups in total. The largest absolute Gasteiger partial charge is 0.394 e. The molecule has 0 saturated heterocycles. The molecule has 0 spiro atoms. The van der Waals surface area contributed by atoms with E-state index in [1.54, 1.807) is 12.7 Å². The predicted molar refractivity (Wildman–Crippen MR) is 56.4 cm³/mol. The number of likely N-dealkylation sites (N-methyl/N-ethyl adjacent to an activating group) is 1. The fraction of sp³-hybridized carbons (Fsp3) is 0.800. The topological polar surface area (TPSA) is 63.0 Å². The maximum atomic E-state index is 9.45. The molecule has 0 bridgehead atoms. The summed E-state index contributed by atoms with van der Waals surface area (Å²) in [4.78, 5) is 3.97. The van der Waals surface area contributed by atoms with Gasteiger partial charge in [-0.2, -0.15) is 5.10 Å². The van der Waals surface area contributed by atoms with Gasteiger partial charge in [0.2, 0.25) is 0 Å². The van der Waals surface area contributed by atoms with Crippen LogP contribution in [0.1, 0.15) is 31.7 Å². The van der Waals surface area contributed by atoms with Crippen molar-refractivity contribution in [1.29, 1.82) is 0 Å². The molecule has 1 heterocycles. The van der Waals surface area contributed by atoms with E-state index in [9.17, 15) is 5.11 Å². The van der Waals surface area contributed by atoms with Gasteiger partial charge in [0, 0.05) is 5.54 Å². The molecular weight excluding hydrogens is 192 g/mol. The molecule has 0 amide bonds. The monoisotopic (exact) mass is 210 g/mol. The number of aliphatic hydroxyl groups excluding tert-OH is 1. The molecule has 15 heavy (non-hydrogen) atoms. The third-order valence-electron chi connectivity index (χ3n) is 3.46. The van der Waals surface area contributed by atoms with Crippen molar-refractivity contribution >= 4 is 0 Å². The summed E-state index contributed by atoms with van der Waals surface area (Å²) in [6, 6.07) is 0.362. The molecule has 0 aromatic carbocycles. The van der Waals surface area contributed by atoms with Gasteiger partial charge in [-0.3, -0.25) is 0 Å². The van der Waals surface area contributed by atoms with E-state index in [1.807, 2.05) is 11.7 Å². The summed E-state index contributed by atoms with van der Waals surface area (Å²) >= 11 is 0. The molecule has 1 aliphatic carbocycles. The third kappa shape index (κ3) is 2.03. The Morgan fingerprint density at radius 2 is 2.53 bits per heavy atom. The van der Waals surface area contributed by atoms with E-state index in [4.69, 9.17) is 0 Å². The first-order chi connectivity index (χ1) is 7.29.